The maximum Gasteiger partial charge on any atom is 0.261 e. The van der Waals surface area contributed by atoms with Crippen LogP contribution in [0, 0.1) is 0 Å². The molecule has 1 heterocycles. The van der Waals surface area contributed by atoms with Gasteiger partial charge >= 0.3 is 0 Å². The first-order chi connectivity index (χ1) is 13.9. The first-order valence-electron chi connectivity index (χ1n) is 8.36. The van der Waals surface area contributed by atoms with E-state index in [1.54, 1.807) is 24.3 Å². The van der Waals surface area contributed by atoms with Gasteiger partial charge in [0.15, 0.2) is 5.11 Å². The van der Waals surface area contributed by atoms with Gasteiger partial charge in [0.05, 0.1) is 17.7 Å². The van der Waals surface area contributed by atoms with Crippen LogP contribution in [0.25, 0.3) is 11.3 Å². The fraction of sp³-hybridized carbons (Fsp3) is 0.100. The zero-order valence-electron chi connectivity index (χ0n) is 15.2. The van der Waals surface area contributed by atoms with Gasteiger partial charge in [0.2, 0.25) is 0 Å². The lowest BCUT2D eigenvalue weighted by molar-refractivity contribution is 0.0974. The molecule has 0 atom stereocenters. The van der Waals surface area contributed by atoms with Gasteiger partial charge in [-0.05, 0) is 60.7 Å². The van der Waals surface area contributed by atoms with E-state index in [0.717, 1.165) is 5.56 Å². The molecule has 0 spiro atoms. The highest BCUT2D eigenvalue weighted by Crippen LogP contribution is 2.32. The number of carbonyl (C=O) groups excluding carboxylic acids is 1. The Kier molecular flexibility index (Phi) is 6.76. The standard InChI is InChI=1S/C20H16Cl2N2O4S/c1-27-18-15(8-12(21)9-16(18)22)19(26)24-20(29)23-13-4-2-11(3-5-13)17-7-6-14(10-25)28-17/h2-9,25H,10H2,1H3,(H2,23,24,26,29). The molecule has 0 aliphatic heterocycles. The van der Waals surface area contributed by atoms with Crippen LogP contribution in [0.1, 0.15) is 16.1 Å². The first kappa shape index (κ1) is 21.1. The molecule has 0 aliphatic rings. The number of hydrogen-bond donors (Lipinski definition) is 3. The van der Waals surface area contributed by atoms with E-state index in [4.69, 9.17) is 49.7 Å². The lowest BCUT2D eigenvalue weighted by atomic mass is 10.1. The van der Waals surface area contributed by atoms with Crippen molar-refractivity contribution in [2.45, 2.75) is 6.61 Å². The summed E-state index contributed by atoms with van der Waals surface area (Å²) in [6, 6.07) is 13.6. The molecule has 3 rings (SSSR count). The highest BCUT2D eigenvalue weighted by molar-refractivity contribution is 7.80. The Labute approximate surface area is 182 Å². The summed E-state index contributed by atoms with van der Waals surface area (Å²) in [4.78, 5) is 12.5. The highest BCUT2D eigenvalue weighted by Gasteiger charge is 2.18. The third-order valence-electron chi connectivity index (χ3n) is 3.93. The minimum Gasteiger partial charge on any atom is -0.494 e. The molecule has 0 fully saturated rings. The monoisotopic (exact) mass is 450 g/mol. The Morgan fingerprint density at radius 1 is 1.17 bits per heavy atom. The molecule has 0 saturated heterocycles. The van der Waals surface area contributed by atoms with Gasteiger partial charge in [-0.2, -0.15) is 0 Å². The molecule has 0 radical (unpaired) electrons. The highest BCUT2D eigenvalue weighted by atomic mass is 35.5. The molecule has 2 aromatic carbocycles. The molecule has 0 aliphatic carbocycles. The molecule has 6 nitrogen and oxygen atoms in total. The summed E-state index contributed by atoms with van der Waals surface area (Å²) in [5.74, 6) is 0.831. The average Bonchev–Trinajstić information content (AvgIpc) is 3.17. The van der Waals surface area contributed by atoms with Gasteiger partial charge in [-0.15, -0.1) is 0 Å². The molecule has 0 bridgehead atoms. The number of methoxy groups -OCH3 is 1. The Morgan fingerprint density at radius 2 is 1.90 bits per heavy atom. The molecular weight excluding hydrogens is 435 g/mol. The number of hydrogen-bond acceptors (Lipinski definition) is 5. The van der Waals surface area contributed by atoms with Crippen LogP contribution >= 0.6 is 35.4 Å². The Balaban J connectivity index is 1.67. The quantitative estimate of drug-likeness (QED) is 0.480. The number of ether oxygens (including phenoxy) is 1. The molecule has 3 N–H and O–H groups in total. The molecule has 3 aromatic rings. The van der Waals surface area contributed by atoms with Crippen molar-refractivity contribution in [3.63, 3.8) is 0 Å². The molecule has 0 saturated carbocycles. The van der Waals surface area contributed by atoms with Gasteiger partial charge in [-0.3, -0.25) is 10.1 Å². The molecule has 1 aromatic heterocycles. The Bertz CT molecular complexity index is 1050. The zero-order chi connectivity index (χ0) is 21.0. The van der Waals surface area contributed by atoms with Gasteiger partial charge < -0.3 is 19.6 Å². The van der Waals surface area contributed by atoms with Gasteiger partial charge in [-0.25, -0.2) is 0 Å². The smallest absolute Gasteiger partial charge is 0.261 e. The predicted molar refractivity (Wildman–Crippen MR) is 117 cm³/mol. The van der Waals surface area contributed by atoms with Crippen molar-refractivity contribution in [1.82, 2.24) is 5.32 Å². The summed E-state index contributed by atoms with van der Waals surface area (Å²) < 4.78 is 10.7. The number of benzene rings is 2. The molecule has 29 heavy (non-hydrogen) atoms. The summed E-state index contributed by atoms with van der Waals surface area (Å²) >= 11 is 17.2. The summed E-state index contributed by atoms with van der Waals surface area (Å²) in [7, 11) is 1.41. The number of amides is 1. The molecule has 150 valence electrons. The normalized spacial score (nSPS) is 10.5. The third-order valence-corrected chi connectivity index (χ3v) is 4.63. The van der Waals surface area contributed by atoms with Gasteiger partial charge in [-0.1, -0.05) is 23.2 Å². The first-order valence-corrected chi connectivity index (χ1v) is 9.53. The maximum atomic E-state index is 12.5. The number of furan rings is 1. The minimum atomic E-state index is -0.507. The van der Waals surface area contributed by atoms with Crippen LogP contribution in [0.2, 0.25) is 10.0 Å². The topological polar surface area (TPSA) is 83.7 Å². The van der Waals surface area contributed by atoms with Gasteiger partial charge in [0, 0.05) is 16.3 Å². The van der Waals surface area contributed by atoms with Crippen LogP contribution in [-0.4, -0.2) is 23.2 Å². The van der Waals surface area contributed by atoms with E-state index in [9.17, 15) is 4.79 Å². The van der Waals surface area contributed by atoms with Crippen molar-refractivity contribution < 1.29 is 19.1 Å². The number of aliphatic hydroxyl groups is 1. The Morgan fingerprint density at radius 3 is 2.52 bits per heavy atom. The number of halogens is 2. The SMILES string of the molecule is COc1c(Cl)cc(Cl)cc1C(=O)NC(=S)Nc1ccc(-c2ccc(CO)o2)cc1. The van der Waals surface area contributed by atoms with Crippen molar-refractivity contribution in [1.29, 1.82) is 0 Å². The van der Waals surface area contributed by atoms with Crippen LogP contribution in [0.4, 0.5) is 5.69 Å². The second kappa shape index (κ2) is 9.28. The number of carbonyl (C=O) groups is 1. The summed E-state index contributed by atoms with van der Waals surface area (Å²) in [5.41, 5.74) is 1.68. The van der Waals surface area contributed by atoms with E-state index >= 15 is 0 Å². The second-order valence-electron chi connectivity index (χ2n) is 5.88. The fourth-order valence-corrected chi connectivity index (χ4v) is 3.39. The maximum absolute atomic E-state index is 12.5. The van der Waals surface area contributed by atoms with Crippen LogP contribution in [0.15, 0.2) is 52.9 Å². The van der Waals surface area contributed by atoms with Crippen molar-refractivity contribution in [3.05, 3.63) is 69.9 Å². The lowest BCUT2D eigenvalue weighted by Gasteiger charge is -2.13. The van der Waals surface area contributed by atoms with Crippen molar-refractivity contribution >= 4 is 52.1 Å². The fourth-order valence-electron chi connectivity index (χ4n) is 2.61. The van der Waals surface area contributed by atoms with E-state index in [-0.39, 0.29) is 28.1 Å². The molecule has 9 heteroatoms. The van der Waals surface area contributed by atoms with Gasteiger partial charge in [0.1, 0.15) is 23.9 Å². The summed E-state index contributed by atoms with van der Waals surface area (Å²) in [5, 5.41) is 15.2. The largest absolute Gasteiger partial charge is 0.494 e. The number of aliphatic hydroxyl groups excluding tert-OH is 1. The van der Waals surface area contributed by atoms with Crippen molar-refractivity contribution in [2.75, 3.05) is 12.4 Å². The second-order valence-corrected chi connectivity index (χ2v) is 7.13. The van der Waals surface area contributed by atoms with E-state index in [1.165, 1.54) is 19.2 Å². The summed E-state index contributed by atoms with van der Waals surface area (Å²) in [6.45, 7) is -0.157. The number of rotatable bonds is 5. The van der Waals surface area contributed by atoms with Crippen LogP contribution in [-0.2, 0) is 6.61 Å². The average molecular weight is 451 g/mol. The molecule has 1 amide bonds. The minimum absolute atomic E-state index is 0.0986. The third kappa shape index (κ3) is 5.07. The van der Waals surface area contributed by atoms with Crippen LogP contribution in [0.5, 0.6) is 5.75 Å². The Hall–Kier alpha value is -2.58. The van der Waals surface area contributed by atoms with Gasteiger partial charge in [0.25, 0.3) is 5.91 Å². The zero-order valence-corrected chi connectivity index (χ0v) is 17.5. The van der Waals surface area contributed by atoms with E-state index in [1.807, 2.05) is 12.1 Å². The lowest BCUT2D eigenvalue weighted by Crippen LogP contribution is -2.34. The predicted octanol–water partition coefficient (Wildman–Crippen LogP) is 4.88. The molecule has 0 unspecified atom stereocenters. The van der Waals surface area contributed by atoms with Crippen molar-refractivity contribution in [3.8, 4) is 17.1 Å². The van der Waals surface area contributed by atoms with E-state index in [0.29, 0.717) is 22.2 Å². The number of thiocarbonyl (C=S) groups is 1. The summed E-state index contributed by atoms with van der Waals surface area (Å²) in [6.07, 6.45) is 0. The molecular formula is C20H16Cl2N2O4S. The van der Waals surface area contributed by atoms with E-state index < -0.39 is 5.91 Å². The van der Waals surface area contributed by atoms with Crippen LogP contribution < -0.4 is 15.4 Å². The van der Waals surface area contributed by atoms with Crippen molar-refractivity contribution in [2.24, 2.45) is 0 Å². The van der Waals surface area contributed by atoms with E-state index in [2.05, 4.69) is 10.6 Å². The number of anilines is 1. The number of nitrogens with one attached hydrogen (secondary N) is 2. The van der Waals surface area contributed by atoms with Crippen LogP contribution in [0.3, 0.4) is 0 Å².